The molecule has 4 nitrogen and oxygen atoms in total. The zero-order valence-electron chi connectivity index (χ0n) is 10.1. The molecule has 0 aliphatic rings. The number of sulfonamides is 1. The van der Waals surface area contributed by atoms with Crippen LogP contribution in [0, 0.1) is 0 Å². The van der Waals surface area contributed by atoms with E-state index in [-0.39, 0.29) is 16.5 Å². The van der Waals surface area contributed by atoms with E-state index >= 15 is 0 Å². The first-order chi connectivity index (χ1) is 8.96. The average molecular weight is 362 g/mol. The Morgan fingerprint density at radius 2 is 2.11 bits per heavy atom. The van der Waals surface area contributed by atoms with Gasteiger partial charge >= 0.3 is 0 Å². The molecule has 0 atom stereocenters. The Morgan fingerprint density at radius 1 is 1.37 bits per heavy atom. The van der Waals surface area contributed by atoms with Crippen LogP contribution in [0.15, 0.2) is 44.4 Å². The first kappa shape index (κ1) is 14.4. The standard InChI is InChI=1S/C12H12BrNO3S2/c1-2-14(9-4-3-5-10(15)8-9)19(16,17)12-11(13)6-7-18-12/h3-8,15H,2H2,1H3. The zero-order valence-corrected chi connectivity index (χ0v) is 13.3. The smallest absolute Gasteiger partial charge is 0.274 e. The van der Waals surface area contributed by atoms with Crippen LogP contribution in [0.2, 0.25) is 0 Å². The number of halogens is 1. The highest BCUT2D eigenvalue weighted by atomic mass is 79.9. The van der Waals surface area contributed by atoms with E-state index in [0.29, 0.717) is 10.2 Å². The van der Waals surface area contributed by atoms with E-state index in [2.05, 4.69) is 15.9 Å². The van der Waals surface area contributed by atoms with E-state index in [1.165, 1.54) is 16.4 Å². The molecule has 0 radical (unpaired) electrons. The molecular weight excluding hydrogens is 350 g/mol. The molecule has 1 aromatic carbocycles. The monoisotopic (exact) mass is 361 g/mol. The van der Waals surface area contributed by atoms with Gasteiger partial charge in [0.25, 0.3) is 10.0 Å². The Labute approximate surface area is 124 Å². The summed E-state index contributed by atoms with van der Waals surface area (Å²) in [6, 6.07) is 7.91. The predicted octanol–water partition coefficient (Wildman–Crippen LogP) is 3.43. The van der Waals surface area contributed by atoms with Gasteiger partial charge in [0, 0.05) is 17.1 Å². The van der Waals surface area contributed by atoms with E-state index in [4.69, 9.17) is 0 Å². The van der Waals surface area contributed by atoms with Crippen LogP contribution in [0.5, 0.6) is 5.75 Å². The van der Waals surface area contributed by atoms with Crippen LogP contribution in [0.1, 0.15) is 6.92 Å². The second-order valence-electron chi connectivity index (χ2n) is 3.75. The van der Waals surface area contributed by atoms with Crippen molar-refractivity contribution in [1.29, 1.82) is 0 Å². The third-order valence-electron chi connectivity index (χ3n) is 2.51. The molecule has 1 aromatic heterocycles. The van der Waals surface area contributed by atoms with Crippen LogP contribution < -0.4 is 4.31 Å². The number of hydrogen-bond acceptors (Lipinski definition) is 4. The van der Waals surface area contributed by atoms with Gasteiger partial charge in [0.05, 0.1) is 5.69 Å². The molecule has 0 amide bonds. The Bertz CT molecular complexity index is 682. The van der Waals surface area contributed by atoms with Gasteiger partial charge in [0.1, 0.15) is 5.75 Å². The summed E-state index contributed by atoms with van der Waals surface area (Å²) >= 11 is 4.40. The summed E-state index contributed by atoms with van der Waals surface area (Å²) in [6.07, 6.45) is 0. The van der Waals surface area contributed by atoms with Crippen molar-refractivity contribution < 1.29 is 13.5 Å². The van der Waals surface area contributed by atoms with Crippen molar-refractivity contribution in [3.8, 4) is 5.75 Å². The van der Waals surface area contributed by atoms with Crippen molar-refractivity contribution in [3.05, 3.63) is 40.2 Å². The number of anilines is 1. The molecule has 2 aromatic rings. The summed E-state index contributed by atoms with van der Waals surface area (Å²) in [4.78, 5) is 0. The molecule has 0 bridgehead atoms. The summed E-state index contributed by atoms with van der Waals surface area (Å²) in [5, 5.41) is 11.2. The van der Waals surface area contributed by atoms with Crippen LogP contribution in [-0.2, 0) is 10.0 Å². The van der Waals surface area contributed by atoms with Crippen molar-refractivity contribution >= 4 is 43.0 Å². The van der Waals surface area contributed by atoms with Gasteiger partial charge in [-0.1, -0.05) is 6.07 Å². The highest BCUT2D eigenvalue weighted by Crippen LogP contribution is 2.33. The Kier molecular flexibility index (Phi) is 4.17. The minimum absolute atomic E-state index is 0.0383. The number of benzene rings is 1. The molecule has 0 aliphatic carbocycles. The Balaban J connectivity index is 2.51. The molecule has 0 spiro atoms. The lowest BCUT2D eigenvalue weighted by Gasteiger charge is -2.22. The number of thiophene rings is 1. The third kappa shape index (κ3) is 2.77. The van der Waals surface area contributed by atoms with Crippen LogP contribution in [0.4, 0.5) is 5.69 Å². The lowest BCUT2D eigenvalue weighted by Crippen LogP contribution is -2.30. The number of phenolic OH excluding ortho intramolecular Hbond substituents is 1. The first-order valence-corrected chi connectivity index (χ1v) is 8.63. The first-order valence-electron chi connectivity index (χ1n) is 5.51. The van der Waals surface area contributed by atoms with E-state index in [1.807, 2.05) is 0 Å². The fraction of sp³-hybridized carbons (Fsp3) is 0.167. The molecule has 2 rings (SSSR count). The van der Waals surface area contributed by atoms with Gasteiger partial charge in [-0.25, -0.2) is 8.42 Å². The lowest BCUT2D eigenvalue weighted by atomic mass is 10.3. The van der Waals surface area contributed by atoms with Crippen LogP contribution in [0.25, 0.3) is 0 Å². The second-order valence-corrected chi connectivity index (χ2v) is 7.57. The molecule has 0 saturated heterocycles. The molecule has 0 unspecified atom stereocenters. The maximum atomic E-state index is 12.6. The maximum Gasteiger partial charge on any atom is 0.274 e. The fourth-order valence-corrected chi connectivity index (χ4v) is 5.58. The molecule has 7 heteroatoms. The topological polar surface area (TPSA) is 57.6 Å². The van der Waals surface area contributed by atoms with Crippen molar-refractivity contribution in [2.24, 2.45) is 0 Å². The van der Waals surface area contributed by atoms with Crippen LogP contribution in [-0.4, -0.2) is 20.1 Å². The zero-order chi connectivity index (χ0) is 14.0. The van der Waals surface area contributed by atoms with Gasteiger partial charge < -0.3 is 5.11 Å². The van der Waals surface area contributed by atoms with Crippen LogP contribution >= 0.6 is 27.3 Å². The van der Waals surface area contributed by atoms with E-state index < -0.39 is 10.0 Å². The van der Waals surface area contributed by atoms with E-state index in [0.717, 1.165) is 11.3 Å². The number of aromatic hydroxyl groups is 1. The third-order valence-corrected chi connectivity index (χ3v) is 7.06. The van der Waals surface area contributed by atoms with Crippen LogP contribution in [0.3, 0.4) is 0 Å². The molecule has 0 fully saturated rings. The number of phenols is 1. The van der Waals surface area contributed by atoms with Crippen molar-refractivity contribution in [2.45, 2.75) is 11.1 Å². The highest BCUT2D eigenvalue weighted by Gasteiger charge is 2.27. The molecule has 0 aliphatic heterocycles. The Hall–Kier alpha value is -1.05. The lowest BCUT2D eigenvalue weighted by molar-refractivity contribution is 0.475. The largest absolute Gasteiger partial charge is 0.508 e. The van der Waals surface area contributed by atoms with Gasteiger partial charge in [0.2, 0.25) is 0 Å². The van der Waals surface area contributed by atoms with Gasteiger partial charge in [-0.3, -0.25) is 4.31 Å². The molecule has 1 heterocycles. The molecule has 0 saturated carbocycles. The second kappa shape index (κ2) is 5.52. The summed E-state index contributed by atoms with van der Waals surface area (Å²) in [6.45, 7) is 2.04. The Morgan fingerprint density at radius 3 is 2.63 bits per heavy atom. The summed E-state index contributed by atoms with van der Waals surface area (Å²) < 4.78 is 27.2. The molecule has 1 N–H and O–H groups in total. The minimum Gasteiger partial charge on any atom is -0.508 e. The maximum absolute atomic E-state index is 12.6. The number of nitrogens with zero attached hydrogens (tertiary/aromatic N) is 1. The van der Waals surface area contributed by atoms with Gasteiger partial charge in [-0.2, -0.15) is 0 Å². The summed E-state index contributed by atoms with van der Waals surface area (Å²) in [5.74, 6) is 0.0383. The fourth-order valence-electron chi connectivity index (χ4n) is 1.70. The van der Waals surface area contributed by atoms with E-state index in [1.54, 1.807) is 30.5 Å². The van der Waals surface area contributed by atoms with Crippen molar-refractivity contribution in [1.82, 2.24) is 0 Å². The quantitative estimate of drug-likeness (QED) is 0.907. The van der Waals surface area contributed by atoms with E-state index in [9.17, 15) is 13.5 Å². The minimum atomic E-state index is -3.61. The number of rotatable bonds is 4. The highest BCUT2D eigenvalue weighted by molar-refractivity contribution is 9.10. The predicted molar refractivity (Wildman–Crippen MR) is 80.3 cm³/mol. The van der Waals surface area contributed by atoms with Gasteiger partial charge in [-0.15, -0.1) is 11.3 Å². The summed E-state index contributed by atoms with van der Waals surface area (Å²) in [7, 11) is -3.61. The normalized spacial score (nSPS) is 11.5. The van der Waals surface area contributed by atoms with Crippen molar-refractivity contribution in [3.63, 3.8) is 0 Å². The molecular formula is C12H12BrNO3S2. The average Bonchev–Trinajstić information content (AvgIpc) is 2.77. The van der Waals surface area contributed by atoms with Gasteiger partial charge in [0.15, 0.2) is 4.21 Å². The van der Waals surface area contributed by atoms with Gasteiger partial charge in [-0.05, 0) is 46.4 Å². The number of hydrogen-bond donors (Lipinski definition) is 1. The SMILES string of the molecule is CCN(c1cccc(O)c1)S(=O)(=O)c1sccc1Br. The van der Waals surface area contributed by atoms with Crippen molar-refractivity contribution in [2.75, 3.05) is 10.8 Å². The molecule has 19 heavy (non-hydrogen) atoms. The summed E-state index contributed by atoms with van der Waals surface area (Å²) in [5.41, 5.74) is 0.447. The molecule has 102 valence electrons.